The van der Waals surface area contributed by atoms with Gasteiger partial charge in [0, 0.05) is 40.0 Å². The van der Waals surface area contributed by atoms with E-state index in [1.54, 1.807) is 136 Å². The number of hydrogen-bond acceptors (Lipinski definition) is 16. The molecular formula is C33H40I6N6O16. The fourth-order valence-electron chi connectivity index (χ4n) is 4.75. The fraction of sp³-hybridized carbons (Fsp3) is 0.455. The maximum Gasteiger partial charge on any atom is 0.423 e. The molecule has 340 valence electrons. The van der Waals surface area contributed by atoms with Crippen LogP contribution in [-0.2, 0) is 9.47 Å². The number of benzene rings is 2. The highest BCUT2D eigenvalue weighted by molar-refractivity contribution is 14.1. The van der Waals surface area contributed by atoms with Crippen LogP contribution in [0.1, 0.15) is 73.5 Å². The monoisotopic (exact) mass is 1540 g/mol. The number of amides is 6. The lowest BCUT2D eigenvalue weighted by molar-refractivity contribution is -0.0613. The van der Waals surface area contributed by atoms with Gasteiger partial charge in [0.2, 0.25) is 0 Å². The Kier molecular flexibility index (Phi) is 25.8. The molecule has 22 nitrogen and oxygen atoms in total. The van der Waals surface area contributed by atoms with Crippen LogP contribution in [0.25, 0.3) is 0 Å². The molecule has 28 heteroatoms. The number of aliphatic hydroxyl groups excluding tert-OH is 4. The Labute approximate surface area is 430 Å². The molecule has 0 aliphatic rings. The molecule has 6 amide bonds. The first-order valence-electron chi connectivity index (χ1n) is 17.6. The van der Waals surface area contributed by atoms with E-state index in [2.05, 4.69) is 5.32 Å². The normalized spacial score (nSPS) is 10.9. The number of nitrogens with one attached hydrogen (secondary N) is 1. The van der Waals surface area contributed by atoms with Gasteiger partial charge >= 0.3 is 12.2 Å². The van der Waals surface area contributed by atoms with E-state index in [0.29, 0.717) is 20.3 Å². The Morgan fingerprint density at radius 1 is 0.525 bits per heavy atom. The van der Waals surface area contributed by atoms with E-state index in [9.17, 15) is 49.6 Å². The van der Waals surface area contributed by atoms with Gasteiger partial charge in [0.25, 0.3) is 23.6 Å². The van der Waals surface area contributed by atoms with E-state index in [1.807, 2.05) is 0 Å². The summed E-state index contributed by atoms with van der Waals surface area (Å²) in [6.07, 6.45) is -1.99. The minimum absolute atomic E-state index is 0.0288. The Balaban J connectivity index is 2.31. The first-order chi connectivity index (χ1) is 28.8. The van der Waals surface area contributed by atoms with Crippen molar-refractivity contribution >= 4 is 183 Å². The largest absolute Gasteiger partial charge is 0.449 e. The summed E-state index contributed by atoms with van der Waals surface area (Å²) in [5.41, 5.74) is -0.924. The van der Waals surface area contributed by atoms with Gasteiger partial charge in [-0.3, -0.25) is 45.3 Å². The van der Waals surface area contributed by atoms with Crippen molar-refractivity contribution in [2.24, 2.45) is 0 Å². The van der Waals surface area contributed by atoms with Crippen LogP contribution in [0.2, 0.25) is 0 Å². The lowest BCUT2D eigenvalue weighted by Crippen LogP contribution is -2.34. The van der Waals surface area contributed by atoms with Gasteiger partial charge in [0.1, 0.15) is 0 Å². The smallest absolute Gasteiger partial charge is 0.423 e. The fourth-order valence-corrected chi connectivity index (χ4v) is 12.4. The molecule has 0 aromatic heterocycles. The quantitative estimate of drug-likeness (QED) is 0.0258. The standard InChI is InChI=1S/C33H40I6N6O16/c34-22-17(28(50)41(56)6-1-10-46)16-18(23(35)19(22)29(51)42(57)7-2-11-47)45(39)33(55)61-15-5-14-60-32(54)40-27-25(37)20(30(52)43(58)8-3-12-48)24(36)21(26(27)38)31(53)44(59)9-4-13-49/h16,46-49,56-59H,1-15H2,(H,40,54). The minimum Gasteiger partial charge on any atom is -0.449 e. The van der Waals surface area contributed by atoms with Crippen LogP contribution in [0.5, 0.6) is 0 Å². The second-order valence-electron chi connectivity index (χ2n) is 12.0. The Morgan fingerprint density at radius 2 is 0.902 bits per heavy atom. The number of rotatable bonds is 22. The topological polar surface area (TPSA) is 311 Å². The van der Waals surface area contributed by atoms with Crippen LogP contribution in [-0.4, -0.2) is 163 Å². The third kappa shape index (κ3) is 15.5. The number of anilines is 2. The Hall–Kier alpha value is -1.08. The molecule has 0 radical (unpaired) electrons. The zero-order chi connectivity index (χ0) is 46.1. The molecule has 0 saturated heterocycles. The minimum atomic E-state index is -1.06. The highest BCUT2D eigenvalue weighted by atomic mass is 127. The number of hydroxylamine groups is 8. The molecular weight excluding hydrogens is 1500 g/mol. The number of carbonyl (C=O) groups is 6. The van der Waals surface area contributed by atoms with E-state index in [0.717, 1.165) is 3.11 Å². The van der Waals surface area contributed by atoms with Crippen molar-refractivity contribution in [3.05, 3.63) is 46.2 Å². The molecule has 61 heavy (non-hydrogen) atoms. The molecule has 0 saturated carbocycles. The number of carbonyl (C=O) groups excluding carboxylic acids is 6. The number of aliphatic hydroxyl groups is 4. The lowest BCUT2D eigenvalue weighted by atomic mass is 10.1. The first kappa shape index (κ1) is 56.1. The molecule has 2 rings (SSSR count). The van der Waals surface area contributed by atoms with E-state index in [-0.39, 0.29) is 149 Å². The molecule has 9 N–H and O–H groups in total. The summed E-state index contributed by atoms with van der Waals surface area (Å²) in [6, 6.07) is 1.23. The number of nitrogens with zero attached hydrogens (tertiary/aromatic N) is 5. The summed E-state index contributed by atoms with van der Waals surface area (Å²) in [7, 11) is 0. The van der Waals surface area contributed by atoms with E-state index in [1.165, 1.54) is 6.07 Å². The molecule has 0 spiro atoms. The van der Waals surface area contributed by atoms with Gasteiger partial charge in [0.05, 0.1) is 107 Å². The summed E-state index contributed by atoms with van der Waals surface area (Å²) >= 11 is 10.2. The van der Waals surface area contributed by atoms with Crippen LogP contribution in [0, 0.1) is 17.9 Å². The van der Waals surface area contributed by atoms with Gasteiger partial charge in [-0.2, -0.15) is 0 Å². The van der Waals surface area contributed by atoms with Gasteiger partial charge in [-0.25, -0.2) is 33.0 Å². The number of ether oxygens (including phenoxy) is 2. The van der Waals surface area contributed by atoms with Crippen molar-refractivity contribution < 1.29 is 79.5 Å². The van der Waals surface area contributed by atoms with Crippen LogP contribution in [0.3, 0.4) is 0 Å². The Bertz CT molecular complexity index is 1860. The van der Waals surface area contributed by atoms with E-state index < -0.39 is 35.8 Å². The summed E-state index contributed by atoms with van der Waals surface area (Å²) in [5, 5.41) is 82.0. The van der Waals surface area contributed by atoms with Crippen molar-refractivity contribution in [1.29, 1.82) is 0 Å². The van der Waals surface area contributed by atoms with Gasteiger partial charge in [-0.05, 0) is 145 Å². The third-order valence-corrected chi connectivity index (χ3v) is 14.1. The van der Waals surface area contributed by atoms with Crippen LogP contribution >= 0.6 is 136 Å². The highest BCUT2D eigenvalue weighted by Gasteiger charge is 2.33. The average molecular weight is 1540 g/mol. The summed E-state index contributed by atoms with van der Waals surface area (Å²) in [4.78, 5) is 79.5. The average Bonchev–Trinajstić information content (AvgIpc) is 3.23. The van der Waals surface area contributed by atoms with Crippen molar-refractivity contribution in [1.82, 2.24) is 20.3 Å². The van der Waals surface area contributed by atoms with Gasteiger partial charge in [0.15, 0.2) is 0 Å². The molecule has 0 atom stereocenters. The molecule has 0 unspecified atom stereocenters. The highest BCUT2D eigenvalue weighted by Crippen LogP contribution is 2.38. The molecule has 0 aliphatic heterocycles. The zero-order valence-electron chi connectivity index (χ0n) is 31.5. The first-order valence-corrected chi connectivity index (χ1v) is 23.9. The van der Waals surface area contributed by atoms with E-state index in [4.69, 9.17) is 29.9 Å². The van der Waals surface area contributed by atoms with Crippen LogP contribution < -0.4 is 8.43 Å². The Morgan fingerprint density at radius 3 is 1.31 bits per heavy atom. The summed E-state index contributed by atoms with van der Waals surface area (Å²) in [6.45, 7) is -3.03. The van der Waals surface area contributed by atoms with Crippen LogP contribution in [0.4, 0.5) is 21.0 Å². The summed E-state index contributed by atoms with van der Waals surface area (Å²) in [5.74, 6) is -3.88. The van der Waals surface area contributed by atoms with Crippen molar-refractivity contribution in [2.45, 2.75) is 32.1 Å². The zero-order valence-corrected chi connectivity index (χ0v) is 44.5. The van der Waals surface area contributed by atoms with Crippen LogP contribution in [0.15, 0.2) is 6.07 Å². The molecule has 0 fully saturated rings. The van der Waals surface area contributed by atoms with Gasteiger partial charge < -0.3 is 29.9 Å². The van der Waals surface area contributed by atoms with Crippen molar-refractivity contribution in [2.75, 3.05) is 74.3 Å². The lowest BCUT2D eigenvalue weighted by Gasteiger charge is -2.24. The summed E-state index contributed by atoms with van der Waals surface area (Å²) < 4.78 is 11.9. The maximum absolute atomic E-state index is 13.3. The van der Waals surface area contributed by atoms with Crippen molar-refractivity contribution in [3.8, 4) is 0 Å². The SMILES string of the molecule is O=C(Nc1c(I)c(C(=O)N(O)CCCO)c(I)c(C(=O)N(O)CCCO)c1I)OCCCOC(=O)N(I)c1cc(C(=O)N(O)CCCO)c(I)c(C(=O)N(O)CCCO)c1I. The molecule has 2 aromatic carbocycles. The predicted molar refractivity (Wildman–Crippen MR) is 262 cm³/mol. The van der Waals surface area contributed by atoms with Gasteiger partial charge in [-0.15, -0.1) is 0 Å². The van der Waals surface area contributed by atoms with Crippen molar-refractivity contribution in [3.63, 3.8) is 0 Å². The van der Waals surface area contributed by atoms with Gasteiger partial charge in [-0.1, -0.05) is 0 Å². The molecule has 0 bridgehead atoms. The second kappa shape index (κ2) is 28.1. The maximum atomic E-state index is 13.3. The second-order valence-corrected chi connectivity index (χ2v) is 18.4. The number of hydrogen-bond donors (Lipinski definition) is 9. The number of halogens is 6. The molecule has 0 heterocycles. The predicted octanol–water partition coefficient (Wildman–Crippen LogP) is 4.50. The third-order valence-electron chi connectivity index (χ3n) is 7.77. The molecule has 2 aromatic rings. The van der Waals surface area contributed by atoms with E-state index >= 15 is 0 Å². The molecule has 0 aliphatic carbocycles.